The molecule has 0 spiro atoms. The zero-order valence-corrected chi connectivity index (χ0v) is 16.7. The molecule has 9 heteroatoms. The molecule has 156 valence electrons. The molecule has 0 bridgehead atoms. The number of Topliss-reactive ketones (excluding diaryl/α,β-unsaturated/α-hetero) is 1. The van der Waals surface area contributed by atoms with Crippen molar-refractivity contribution in [1.82, 2.24) is 9.47 Å². The molecule has 2 aromatic rings. The standard InChI is InChI=1S/C21H21N3O6/c1-12-8-17(13(2)22(12)10-15-4-3-7-30-15)19(25)11-23-20(26)16-6-5-14(24(28)29)9-18(16)21(23)27/h5-6,8-9,15H,3-4,7,10-11H2,1-2H3/t15-/m1/s1. The van der Waals surface area contributed by atoms with Crippen LogP contribution in [0.3, 0.4) is 0 Å². The monoisotopic (exact) mass is 411 g/mol. The largest absolute Gasteiger partial charge is 0.376 e. The zero-order valence-electron chi connectivity index (χ0n) is 16.7. The fourth-order valence-corrected chi connectivity index (χ4v) is 4.12. The van der Waals surface area contributed by atoms with Gasteiger partial charge in [-0.15, -0.1) is 0 Å². The third kappa shape index (κ3) is 3.30. The Bertz CT molecular complexity index is 1080. The number of nitrogens with zero attached hydrogens (tertiary/aromatic N) is 3. The maximum Gasteiger partial charge on any atom is 0.270 e. The number of carbonyl (C=O) groups is 3. The number of hydrogen-bond donors (Lipinski definition) is 0. The second-order valence-electron chi connectivity index (χ2n) is 7.64. The molecule has 1 atom stereocenters. The molecule has 0 aliphatic carbocycles. The predicted octanol–water partition coefficient (Wildman–Crippen LogP) is 2.67. The van der Waals surface area contributed by atoms with E-state index in [0.29, 0.717) is 12.1 Å². The van der Waals surface area contributed by atoms with Crippen molar-refractivity contribution < 1.29 is 24.0 Å². The molecule has 30 heavy (non-hydrogen) atoms. The molecule has 2 amide bonds. The number of aryl methyl sites for hydroxylation is 1. The molecule has 9 nitrogen and oxygen atoms in total. The van der Waals surface area contributed by atoms with E-state index in [-0.39, 0.29) is 28.7 Å². The molecule has 0 N–H and O–H groups in total. The first-order valence-electron chi connectivity index (χ1n) is 9.74. The summed E-state index contributed by atoms with van der Waals surface area (Å²) in [4.78, 5) is 49.4. The van der Waals surface area contributed by atoms with E-state index in [4.69, 9.17) is 4.74 Å². The Hall–Kier alpha value is -3.33. The molecule has 1 aromatic heterocycles. The molecule has 4 rings (SSSR count). The topological polar surface area (TPSA) is 112 Å². The van der Waals surface area contributed by atoms with E-state index in [1.54, 1.807) is 6.07 Å². The molecule has 1 saturated heterocycles. The highest BCUT2D eigenvalue weighted by Crippen LogP contribution is 2.28. The van der Waals surface area contributed by atoms with Crippen LogP contribution in [0.2, 0.25) is 0 Å². The number of nitro groups is 1. The summed E-state index contributed by atoms with van der Waals surface area (Å²) in [7, 11) is 0. The summed E-state index contributed by atoms with van der Waals surface area (Å²) in [5, 5.41) is 11.0. The third-order valence-corrected chi connectivity index (χ3v) is 5.75. The number of hydrogen-bond acceptors (Lipinski definition) is 6. The van der Waals surface area contributed by atoms with Gasteiger partial charge in [-0.2, -0.15) is 0 Å². The molecular formula is C21H21N3O6. The molecule has 2 aliphatic heterocycles. The minimum Gasteiger partial charge on any atom is -0.376 e. The van der Waals surface area contributed by atoms with Gasteiger partial charge in [-0.05, 0) is 38.8 Å². The second-order valence-corrected chi connectivity index (χ2v) is 7.64. The number of fused-ring (bicyclic) bond motifs is 1. The number of ether oxygens (including phenoxy) is 1. The minimum absolute atomic E-state index is 0.0501. The highest BCUT2D eigenvalue weighted by Gasteiger charge is 2.38. The van der Waals surface area contributed by atoms with Crippen LogP contribution in [0.4, 0.5) is 5.69 Å². The number of non-ortho nitro benzene ring substituents is 1. The number of nitro benzene ring substituents is 1. The van der Waals surface area contributed by atoms with Crippen LogP contribution < -0.4 is 0 Å². The summed E-state index contributed by atoms with van der Waals surface area (Å²) in [6, 6.07) is 5.27. The van der Waals surface area contributed by atoms with E-state index in [1.807, 2.05) is 18.4 Å². The summed E-state index contributed by atoms with van der Waals surface area (Å²) in [5.41, 5.74) is 1.87. The van der Waals surface area contributed by atoms with E-state index >= 15 is 0 Å². The average Bonchev–Trinajstić information content (AvgIpc) is 3.39. The van der Waals surface area contributed by atoms with E-state index < -0.39 is 23.3 Å². The van der Waals surface area contributed by atoms with Crippen LogP contribution in [-0.2, 0) is 11.3 Å². The SMILES string of the molecule is Cc1cc(C(=O)CN2C(=O)c3ccc([N+](=O)[O-])cc3C2=O)c(C)n1C[C@H]1CCCO1. The Morgan fingerprint density at radius 3 is 2.60 bits per heavy atom. The van der Waals surface area contributed by atoms with Gasteiger partial charge in [0.05, 0.1) is 28.7 Å². The molecule has 0 radical (unpaired) electrons. The van der Waals surface area contributed by atoms with Crippen LogP contribution in [0.15, 0.2) is 24.3 Å². The average molecular weight is 411 g/mol. The molecule has 3 heterocycles. The van der Waals surface area contributed by atoms with Crippen molar-refractivity contribution in [3.8, 4) is 0 Å². The lowest BCUT2D eigenvalue weighted by Crippen LogP contribution is -2.35. The Labute approximate surface area is 172 Å². The molecular weight excluding hydrogens is 390 g/mol. The first-order chi connectivity index (χ1) is 14.3. The van der Waals surface area contributed by atoms with Gasteiger partial charge >= 0.3 is 0 Å². The van der Waals surface area contributed by atoms with Gasteiger partial charge in [0.25, 0.3) is 17.5 Å². The van der Waals surface area contributed by atoms with Crippen molar-refractivity contribution in [1.29, 1.82) is 0 Å². The normalized spacial score (nSPS) is 18.2. The highest BCUT2D eigenvalue weighted by atomic mass is 16.6. The minimum atomic E-state index is -0.694. The lowest BCUT2D eigenvalue weighted by molar-refractivity contribution is -0.384. The lowest BCUT2D eigenvalue weighted by Gasteiger charge is -2.15. The summed E-state index contributed by atoms with van der Waals surface area (Å²) in [6.07, 6.45) is 2.11. The number of imide groups is 1. The highest BCUT2D eigenvalue weighted by molar-refractivity contribution is 6.23. The van der Waals surface area contributed by atoms with Crippen molar-refractivity contribution in [2.45, 2.75) is 39.3 Å². The van der Waals surface area contributed by atoms with Gasteiger partial charge in [0, 0.05) is 42.2 Å². The Kier molecular flexibility index (Phi) is 4.98. The van der Waals surface area contributed by atoms with Crippen LogP contribution in [0.5, 0.6) is 0 Å². The smallest absolute Gasteiger partial charge is 0.270 e. The van der Waals surface area contributed by atoms with Gasteiger partial charge < -0.3 is 9.30 Å². The molecule has 1 fully saturated rings. The Morgan fingerprint density at radius 2 is 1.93 bits per heavy atom. The van der Waals surface area contributed by atoms with E-state index in [0.717, 1.165) is 41.8 Å². The van der Waals surface area contributed by atoms with E-state index in [2.05, 4.69) is 0 Å². The van der Waals surface area contributed by atoms with Gasteiger partial charge in [-0.25, -0.2) is 0 Å². The first kappa shape index (κ1) is 20.0. The molecule has 1 aromatic carbocycles. The summed E-state index contributed by atoms with van der Waals surface area (Å²) in [6.45, 7) is 4.72. The van der Waals surface area contributed by atoms with Crippen molar-refractivity contribution in [3.63, 3.8) is 0 Å². The third-order valence-electron chi connectivity index (χ3n) is 5.75. The van der Waals surface area contributed by atoms with Crippen LogP contribution in [0, 0.1) is 24.0 Å². The first-order valence-corrected chi connectivity index (χ1v) is 9.74. The van der Waals surface area contributed by atoms with Crippen molar-refractivity contribution in [2.24, 2.45) is 0 Å². The van der Waals surface area contributed by atoms with Crippen LogP contribution in [0.1, 0.15) is 55.3 Å². The molecule has 0 saturated carbocycles. The quantitative estimate of drug-likeness (QED) is 0.313. The lowest BCUT2D eigenvalue weighted by atomic mass is 10.1. The fraction of sp³-hybridized carbons (Fsp3) is 0.381. The van der Waals surface area contributed by atoms with Gasteiger partial charge in [0.15, 0.2) is 5.78 Å². The van der Waals surface area contributed by atoms with Crippen LogP contribution in [-0.4, -0.2) is 51.2 Å². The van der Waals surface area contributed by atoms with Crippen molar-refractivity contribution in [2.75, 3.05) is 13.2 Å². The maximum atomic E-state index is 12.9. The second kappa shape index (κ2) is 7.49. The van der Waals surface area contributed by atoms with Crippen LogP contribution >= 0.6 is 0 Å². The number of aromatic nitrogens is 1. The van der Waals surface area contributed by atoms with Gasteiger partial charge in [0.1, 0.15) is 0 Å². The molecule has 0 unspecified atom stereocenters. The number of benzene rings is 1. The van der Waals surface area contributed by atoms with E-state index in [9.17, 15) is 24.5 Å². The zero-order chi connectivity index (χ0) is 21.6. The number of rotatable bonds is 6. The summed E-state index contributed by atoms with van der Waals surface area (Å²) >= 11 is 0. The van der Waals surface area contributed by atoms with E-state index in [1.165, 1.54) is 12.1 Å². The fourth-order valence-electron chi connectivity index (χ4n) is 4.12. The number of carbonyl (C=O) groups excluding carboxylic acids is 3. The van der Waals surface area contributed by atoms with Crippen LogP contribution in [0.25, 0.3) is 0 Å². The Morgan fingerprint density at radius 1 is 1.20 bits per heavy atom. The van der Waals surface area contributed by atoms with Crippen molar-refractivity contribution in [3.05, 3.63) is 62.5 Å². The predicted molar refractivity (Wildman–Crippen MR) is 106 cm³/mol. The van der Waals surface area contributed by atoms with Gasteiger partial charge in [-0.1, -0.05) is 0 Å². The Balaban J connectivity index is 1.55. The summed E-state index contributed by atoms with van der Waals surface area (Å²) in [5.74, 6) is -1.67. The number of amides is 2. The van der Waals surface area contributed by atoms with Crippen molar-refractivity contribution >= 4 is 23.3 Å². The maximum absolute atomic E-state index is 12.9. The van der Waals surface area contributed by atoms with Gasteiger partial charge in [0.2, 0.25) is 0 Å². The number of ketones is 1. The van der Waals surface area contributed by atoms with Gasteiger partial charge in [-0.3, -0.25) is 29.4 Å². The summed E-state index contributed by atoms with van der Waals surface area (Å²) < 4.78 is 7.71. The molecule has 2 aliphatic rings.